The first-order valence-electron chi connectivity index (χ1n) is 15.5. The fourth-order valence-corrected chi connectivity index (χ4v) is 4.38. The Morgan fingerprint density at radius 3 is 1.08 bits per heavy atom. The maximum Gasteiger partial charge on any atom is 0.328 e. The molecule has 4 rings (SSSR count). The molecule has 10 heteroatoms. The van der Waals surface area contributed by atoms with Crippen LogP contribution in [-0.4, -0.2) is 92.7 Å². The molecule has 0 aliphatic rings. The zero-order valence-corrected chi connectivity index (χ0v) is 27.4. The Labute approximate surface area is 282 Å². The summed E-state index contributed by atoms with van der Waals surface area (Å²) < 4.78 is 0. The Kier molecular flexibility index (Phi) is 17.4. The van der Waals surface area contributed by atoms with Crippen LogP contribution in [0.25, 0.3) is 0 Å². The van der Waals surface area contributed by atoms with Gasteiger partial charge in [0.1, 0.15) is 0 Å². The van der Waals surface area contributed by atoms with Crippen molar-refractivity contribution in [3.8, 4) is 23.0 Å². The number of likely N-dealkylation sites (N-methyl/N-ethyl adjacent to an activating group) is 2. The van der Waals surface area contributed by atoms with Crippen LogP contribution in [-0.2, 0) is 35.3 Å². The van der Waals surface area contributed by atoms with E-state index >= 15 is 0 Å². The van der Waals surface area contributed by atoms with Crippen LogP contribution in [0.3, 0.4) is 0 Å². The summed E-state index contributed by atoms with van der Waals surface area (Å²) in [6.07, 6.45) is 4.92. The number of rotatable bonds is 14. The average molecular weight is 659 g/mol. The summed E-state index contributed by atoms with van der Waals surface area (Å²) >= 11 is 0. The summed E-state index contributed by atoms with van der Waals surface area (Å²) in [5.41, 5.74) is 4.77. The van der Waals surface area contributed by atoms with Gasteiger partial charge in [0, 0.05) is 38.3 Å². The van der Waals surface area contributed by atoms with E-state index in [1.807, 2.05) is 24.3 Å². The SMILES string of the molecule is CN(CCc1ccccc1)CCc1ccc(O)c(O)c1.CN(CCc1ccccc1)CCc1ccc(O)c(O)c1.O=C(O)/C=C/C(=O)O. The largest absolute Gasteiger partial charge is 0.504 e. The predicted octanol–water partition coefficient (Wildman–Crippen LogP) is 5.34. The molecule has 0 radical (unpaired) electrons. The van der Waals surface area contributed by atoms with E-state index < -0.39 is 11.9 Å². The Morgan fingerprint density at radius 2 is 0.792 bits per heavy atom. The molecule has 0 spiro atoms. The van der Waals surface area contributed by atoms with Crippen LogP contribution >= 0.6 is 0 Å². The topological polar surface area (TPSA) is 162 Å². The van der Waals surface area contributed by atoms with Gasteiger partial charge in [-0.3, -0.25) is 0 Å². The van der Waals surface area contributed by atoms with E-state index in [2.05, 4.69) is 72.4 Å². The number of aliphatic carboxylic acids is 2. The Morgan fingerprint density at radius 1 is 0.479 bits per heavy atom. The molecule has 0 aromatic heterocycles. The van der Waals surface area contributed by atoms with E-state index in [0.29, 0.717) is 12.2 Å². The lowest BCUT2D eigenvalue weighted by Crippen LogP contribution is -2.23. The highest BCUT2D eigenvalue weighted by Gasteiger charge is 2.05. The molecule has 0 heterocycles. The van der Waals surface area contributed by atoms with Crippen molar-refractivity contribution in [3.63, 3.8) is 0 Å². The lowest BCUT2D eigenvalue weighted by atomic mass is 10.1. The van der Waals surface area contributed by atoms with Crippen molar-refractivity contribution in [2.75, 3.05) is 40.3 Å². The van der Waals surface area contributed by atoms with Gasteiger partial charge in [-0.25, -0.2) is 9.59 Å². The molecule has 0 unspecified atom stereocenters. The highest BCUT2D eigenvalue weighted by Crippen LogP contribution is 2.26. The third-order valence-corrected chi connectivity index (χ3v) is 7.26. The van der Waals surface area contributed by atoms with Crippen LogP contribution in [0.15, 0.2) is 109 Å². The number of hydrogen-bond acceptors (Lipinski definition) is 8. The molecule has 10 nitrogen and oxygen atoms in total. The van der Waals surface area contributed by atoms with Crippen LogP contribution in [0.4, 0.5) is 0 Å². The molecule has 0 saturated carbocycles. The normalized spacial score (nSPS) is 10.7. The smallest absolute Gasteiger partial charge is 0.328 e. The van der Waals surface area contributed by atoms with Gasteiger partial charge in [-0.05, 0) is 86.3 Å². The van der Waals surface area contributed by atoms with Crippen molar-refractivity contribution in [3.05, 3.63) is 131 Å². The van der Waals surface area contributed by atoms with Gasteiger partial charge in [0.25, 0.3) is 0 Å². The predicted molar refractivity (Wildman–Crippen MR) is 187 cm³/mol. The molecule has 0 amide bonds. The number of carboxylic acids is 2. The zero-order valence-electron chi connectivity index (χ0n) is 27.4. The molecule has 0 saturated heterocycles. The van der Waals surface area contributed by atoms with Crippen LogP contribution in [0, 0.1) is 0 Å². The van der Waals surface area contributed by atoms with Gasteiger partial charge in [0.15, 0.2) is 23.0 Å². The summed E-state index contributed by atoms with van der Waals surface area (Å²) in [7, 11) is 4.20. The van der Waals surface area contributed by atoms with E-state index in [1.165, 1.54) is 23.3 Å². The molecular weight excluding hydrogens is 612 g/mol. The minimum Gasteiger partial charge on any atom is -0.504 e. The van der Waals surface area contributed by atoms with Gasteiger partial charge in [-0.2, -0.15) is 0 Å². The quantitative estimate of drug-likeness (QED) is 0.0770. The fraction of sp³-hybridized carbons (Fsp3) is 0.263. The summed E-state index contributed by atoms with van der Waals surface area (Å²) in [5, 5.41) is 53.1. The van der Waals surface area contributed by atoms with E-state index in [9.17, 15) is 30.0 Å². The van der Waals surface area contributed by atoms with E-state index in [1.54, 1.807) is 12.1 Å². The zero-order chi connectivity index (χ0) is 35.3. The first-order valence-corrected chi connectivity index (χ1v) is 15.5. The highest BCUT2D eigenvalue weighted by molar-refractivity contribution is 5.89. The molecule has 4 aromatic rings. The third kappa shape index (κ3) is 16.8. The fourth-order valence-electron chi connectivity index (χ4n) is 4.38. The third-order valence-electron chi connectivity index (χ3n) is 7.26. The van der Waals surface area contributed by atoms with Gasteiger partial charge < -0.3 is 40.4 Å². The van der Waals surface area contributed by atoms with Gasteiger partial charge >= 0.3 is 11.9 Å². The molecule has 0 bridgehead atoms. The average Bonchev–Trinajstić information content (AvgIpc) is 3.08. The maximum absolute atomic E-state index is 9.55. The molecule has 4 aromatic carbocycles. The van der Waals surface area contributed by atoms with Gasteiger partial charge in [-0.15, -0.1) is 0 Å². The van der Waals surface area contributed by atoms with Crippen molar-refractivity contribution in [2.24, 2.45) is 0 Å². The molecule has 6 N–H and O–H groups in total. The van der Waals surface area contributed by atoms with Crippen molar-refractivity contribution in [1.29, 1.82) is 0 Å². The first kappa shape index (κ1) is 38.9. The molecule has 0 atom stereocenters. The molecule has 0 aliphatic heterocycles. The molecule has 256 valence electrons. The first-order chi connectivity index (χ1) is 22.9. The van der Waals surface area contributed by atoms with Crippen molar-refractivity contribution in [1.82, 2.24) is 9.80 Å². The highest BCUT2D eigenvalue weighted by atomic mass is 16.4. The minimum absolute atomic E-state index is 0.0468. The number of carboxylic acid groups (broad SMARTS) is 2. The van der Waals surface area contributed by atoms with Gasteiger partial charge in [0.2, 0.25) is 0 Å². The minimum atomic E-state index is -1.26. The van der Waals surface area contributed by atoms with Gasteiger partial charge in [0.05, 0.1) is 0 Å². The Balaban J connectivity index is 0.000000274. The Bertz CT molecular complexity index is 1440. The number of benzene rings is 4. The summed E-state index contributed by atoms with van der Waals surface area (Å²) in [6.45, 7) is 3.87. The molecular formula is C38H46N2O8. The van der Waals surface area contributed by atoms with Crippen molar-refractivity contribution < 1.29 is 40.2 Å². The summed E-state index contributed by atoms with van der Waals surface area (Å²) in [5.74, 6) is -2.74. The number of phenols is 4. The summed E-state index contributed by atoms with van der Waals surface area (Å²) in [4.78, 5) is 23.7. The van der Waals surface area contributed by atoms with Gasteiger partial charge in [-0.1, -0.05) is 72.8 Å². The van der Waals surface area contributed by atoms with E-state index in [-0.39, 0.29) is 23.0 Å². The van der Waals surface area contributed by atoms with Crippen LogP contribution in [0.5, 0.6) is 23.0 Å². The standard InChI is InChI=1S/2C17H21NO2.C4H4O4/c2*1-18(11-9-14-5-3-2-4-6-14)12-10-15-7-8-16(19)17(20)13-15;5-3(6)1-2-4(7)8/h2*2-8,13,19-20H,9-12H2,1H3;1-2H,(H,5,6)(H,7,8)/b;;2-1+. The van der Waals surface area contributed by atoms with Crippen molar-refractivity contribution in [2.45, 2.75) is 25.7 Å². The lowest BCUT2D eigenvalue weighted by Gasteiger charge is -2.16. The lowest BCUT2D eigenvalue weighted by molar-refractivity contribution is -0.134. The second-order valence-corrected chi connectivity index (χ2v) is 11.2. The number of carbonyl (C=O) groups is 2. The monoisotopic (exact) mass is 658 g/mol. The van der Waals surface area contributed by atoms with E-state index in [4.69, 9.17) is 10.2 Å². The van der Waals surface area contributed by atoms with Crippen LogP contribution in [0.2, 0.25) is 0 Å². The van der Waals surface area contributed by atoms with Crippen LogP contribution < -0.4 is 0 Å². The Hall–Kier alpha value is -5.32. The number of phenolic OH excluding ortho intramolecular Hbond substituents is 4. The van der Waals surface area contributed by atoms with Crippen molar-refractivity contribution >= 4 is 11.9 Å². The number of nitrogens with zero attached hydrogens (tertiary/aromatic N) is 2. The van der Waals surface area contributed by atoms with Crippen LogP contribution in [0.1, 0.15) is 22.3 Å². The number of hydrogen-bond donors (Lipinski definition) is 6. The molecule has 48 heavy (non-hydrogen) atoms. The summed E-state index contributed by atoms with van der Waals surface area (Å²) in [6, 6.07) is 30.9. The molecule has 0 aliphatic carbocycles. The van der Waals surface area contributed by atoms with E-state index in [0.717, 1.165) is 63.0 Å². The second kappa shape index (κ2) is 21.5. The number of aromatic hydroxyl groups is 4. The maximum atomic E-state index is 9.55. The molecule has 0 fully saturated rings. The second-order valence-electron chi connectivity index (χ2n) is 11.2.